The first kappa shape index (κ1) is 16.1. The lowest BCUT2D eigenvalue weighted by atomic mass is 10.1. The Balaban J connectivity index is 1.82. The van der Waals surface area contributed by atoms with E-state index >= 15 is 0 Å². The van der Waals surface area contributed by atoms with Crippen molar-refractivity contribution in [2.24, 2.45) is 0 Å². The van der Waals surface area contributed by atoms with E-state index in [1.807, 2.05) is 0 Å². The summed E-state index contributed by atoms with van der Waals surface area (Å²) in [4.78, 5) is 11.7. The molecule has 1 aromatic carbocycles. The predicted octanol–water partition coefficient (Wildman–Crippen LogP) is 3.42. The van der Waals surface area contributed by atoms with Crippen molar-refractivity contribution >= 4 is 11.6 Å². The molecule has 0 spiro atoms. The summed E-state index contributed by atoms with van der Waals surface area (Å²) in [7, 11) is 0. The molecule has 2 aromatic rings. The summed E-state index contributed by atoms with van der Waals surface area (Å²) >= 11 is 0. The van der Waals surface area contributed by atoms with E-state index in [-0.39, 0.29) is 12.1 Å². The summed E-state index contributed by atoms with van der Waals surface area (Å²) in [6.07, 6.45) is -2.90. The molecule has 1 amide bonds. The highest BCUT2D eigenvalue weighted by atomic mass is 19.4. The van der Waals surface area contributed by atoms with Crippen LogP contribution in [0.2, 0.25) is 0 Å². The zero-order valence-electron chi connectivity index (χ0n) is 11.6. The number of halogens is 3. The minimum Gasteiger partial charge on any atom is -0.468 e. The van der Waals surface area contributed by atoms with Gasteiger partial charge in [0.15, 0.2) is 0 Å². The van der Waals surface area contributed by atoms with Crippen LogP contribution in [-0.4, -0.2) is 12.5 Å². The van der Waals surface area contributed by atoms with Crippen LogP contribution in [0.4, 0.5) is 18.9 Å². The molecule has 1 heterocycles. The number of carbonyl (C=O) groups is 1. The van der Waals surface area contributed by atoms with E-state index < -0.39 is 17.6 Å². The third kappa shape index (κ3) is 4.63. The Bertz CT molecular complexity index is 610. The van der Waals surface area contributed by atoms with Gasteiger partial charge in [0, 0.05) is 13.0 Å². The Labute approximate surface area is 125 Å². The second-order valence-corrected chi connectivity index (χ2v) is 4.60. The number of alkyl halides is 3. The Kier molecular flexibility index (Phi) is 5.21. The largest absolute Gasteiger partial charge is 0.468 e. The smallest absolute Gasteiger partial charge is 0.418 e. The molecular formula is C15H15F3N2O2. The molecule has 0 saturated heterocycles. The van der Waals surface area contributed by atoms with Gasteiger partial charge in [-0.2, -0.15) is 13.2 Å². The number of hydrogen-bond donors (Lipinski definition) is 2. The van der Waals surface area contributed by atoms with Crippen LogP contribution in [0.1, 0.15) is 17.7 Å². The molecule has 2 N–H and O–H groups in total. The van der Waals surface area contributed by atoms with Crippen LogP contribution in [0.15, 0.2) is 47.1 Å². The molecule has 0 bridgehead atoms. The molecule has 7 heteroatoms. The zero-order chi connectivity index (χ0) is 16.0. The average Bonchev–Trinajstić information content (AvgIpc) is 2.96. The van der Waals surface area contributed by atoms with Crippen molar-refractivity contribution in [2.45, 2.75) is 19.1 Å². The Morgan fingerprint density at radius 1 is 1.14 bits per heavy atom. The lowest BCUT2D eigenvalue weighted by Gasteiger charge is -2.13. The summed E-state index contributed by atoms with van der Waals surface area (Å²) in [5.74, 6) is 0.242. The van der Waals surface area contributed by atoms with Gasteiger partial charge in [-0.05, 0) is 24.3 Å². The van der Waals surface area contributed by atoms with Gasteiger partial charge in [0.25, 0.3) is 0 Å². The number of nitrogens with one attached hydrogen (secondary N) is 2. The number of furan rings is 1. The molecule has 0 saturated carbocycles. The molecule has 0 aliphatic rings. The van der Waals surface area contributed by atoms with Gasteiger partial charge >= 0.3 is 6.18 Å². The monoisotopic (exact) mass is 312 g/mol. The molecular weight excluding hydrogens is 297 g/mol. The molecule has 2 rings (SSSR count). The minimum atomic E-state index is -4.50. The minimum absolute atomic E-state index is 0.0624. The molecule has 22 heavy (non-hydrogen) atoms. The molecule has 118 valence electrons. The third-order valence-electron chi connectivity index (χ3n) is 2.91. The molecule has 0 aliphatic heterocycles. The van der Waals surface area contributed by atoms with Crippen LogP contribution in [0, 0.1) is 0 Å². The van der Waals surface area contributed by atoms with Gasteiger partial charge in [0.05, 0.1) is 24.1 Å². The van der Waals surface area contributed by atoms with E-state index in [0.29, 0.717) is 13.1 Å². The average molecular weight is 312 g/mol. The van der Waals surface area contributed by atoms with Crippen molar-refractivity contribution in [3.8, 4) is 0 Å². The van der Waals surface area contributed by atoms with Gasteiger partial charge in [-0.15, -0.1) is 0 Å². The van der Waals surface area contributed by atoms with Crippen LogP contribution in [-0.2, 0) is 17.5 Å². The summed E-state index contributed by atoms with van der Waals surface area (Å²) in [6, 6.07) is 8.43. The summed E-state index contributed by atoms with van der Waals surface area (Å²) in [5, 5.41) is 5.26. The summed E-state index contributed by atoms with van der Waals surface area (Å²) in [6.45, 7) is 0.792. The van der Waals surface area contributed by atoms with E-state index in [1.54, 1.807) is 12.1 Å². The second kappa shape index (κ2) is 7.13. The van der Waals surface area contributed by atoms with Gasteiger partial charge in [-0.3, -0.25) is 4.79 Å². The van der Waals surface area contributed by atoms with Crippen molar-refractivity contribution in [1.29, 1.82) is 0 Å². The molecule has 0 atom stereocenters. The second-order valence-electron chi connectivity index (χ2n) is 4.60. The number of benzene rings is 1. The Morgan fingerprint density at radius 3 is 2.59 bits per heavy atom. The lowest BCUT2D eigenvalue weighted by molar-refractivity contribution is -0.137. The molecule has 0 unspecified atom stereocenters. The van der Waals surface area contributed by atoms with E-state index in [1.165, 1.54) is 24.5 Å². The van der Waals surface area contributed by atoms with Crippen molar-refractivity contribution in [3.63, 3.8) is 0 Å². The highest BCUT2D eigenvalue weighted by molar-refractivity contribution is 5.91. The molecule has 0 aliphatic carbocycles. The van der Waals surface area contributed by atoms with Crippen molar-refractivity contribution in [2.75, 3.05) is 11.9 Å². The fourth-order valence-corrected chi connectivity index (χ4v) is 1.88. The maximum Gasteiger partial charge on any atom is 0.418 e. The topological polar surface area (TPSA) is 54.3 Å². The van der Waals surface area contributed by atoms with Crippen LogP contribution in [0.5, 0.6) is 0 Å². The maximum absolute atomic E-state index is 12.8. The Morgan fingerprint density at radius 2 is 1.91 bits per heavy atom. The van der Waals surface area contributed by atoms with Crippen LogP contribution < -0.4 is 10.6 Å². The van der Waals surface area contributed by atoms with Crippen molar-refractivity contribution in [1.82, 2.24) is 5.32 Å². The predicted molar refractivity (Wildman–Crippen MR) is 75.1 cm³/mol. The number of hydrogen-bond acceptors (Lipinski definition) is 3. The fraction of sp³-hybridized carbons (Fsp3) is 0.267. The third-order valence-corrected chi connectivity index (χ3v) is 2.91. The van der Waals surface area contributed by atoms with E-state index in [2.05, 4.69) is 10.6 Å². The van der Waals surface area contributed by atoms with Crippen molar-refractivity contribution in [3.05, 3.63) is 54.0 Å². The summed E-state index contributed by atoms with van der Waals surface area (Å²) < 4.78 is 43.5. The zero-order valence-corrected chi connectivity index (χ0v) is 11.6. The fourth-order valence-electron chi connectivity index (χ4n) is 1.88. The normalized spacial score (nSPS) is 11.4. The van der Waals surface area contributed by atoms with Gasteiger partial charge in [0.2, 0.25) is 5.91 Å². The van der Waals surface area contributed by atoms with Gasteiger partial charge in [-0.1, -0.05) is 12.1 Å². The maximum atomic E-state index is 12.8. The number of rotatable bonds is 6. The van der Waals surface area contributed by atoms with E-state index in [9.17, 15) is 18.0 Å². The molecule has 0 radical (unpaired) electrons. The highest BCUT2D eigenvalue weighted by Crippen LogP contribution is 2.34. The number of para-hydroxylation sites is 1. The number of anilines is 1. The first-order valence-electron chi connectivity index (χ1n) is 6.66. The van der Waals surface area contributed by atoms with Crippen LogP contribution in [0.3, 0.4) is 0 Å². The van der Waals surface area contributed by atoms with Crippen molar-refractivity contribution < 1.29 is 22.4 Å². The first-order valence-corrected chi connectivity index (χ1v) is 6.66. The number of carbonyl (C=O) groups excluding carboxylic acids is 1. The molecule has 0 fully saturated rings. The lowest BCUT2D eigenvalue weighted by Crippen LogP contribution is -2.22. The van der Waals surface area contributed by atoms with Crippen LogP contribution in [0.25, 0.3) is 0 Å². The molecule has 4 nitrogen and oxygen atoms in total. The quantitative estimate of drug-likeness (QED) is 0.804. The van der Waals surface area contributed by atoms with Gasteiger partial charge < -0.3 is 15.1 Å². The highest BCUT2D eigenvalue weighted by Gasteiger charge is 2.33. The van der Waals surface area contributed by atoms with E-state index in [4.69, 9.17) is 4.42 Å². The van der Waals surface area contributed by atoms with Gasteiger partial charge in [0.1, 0.15) is 5.76 Å². The summed E-state index contributed by atoms with van der Waals surface area (Å²) in [5.41, 5.74) is -1.09. The standard InChI is InChI=1S/C15H15F3N2O2/c16-15(17,18)12-5-1-2-6-13(12)20-14(21)7-8-19-10-11-4-3-9-22-11/h1-6,9,19H,7-8,10H2,(H,20,21). The first-order chi connectivity index (χ1) is 10.5. The Hall–Kier alpha value is -2.28. The van der Waals surface area contributed by atoms with Crippen LogP contribution >= 0.6 is 0 Å². The SMILES string of the molecule is O=C(CCNCc1ccco1)Nc1ccccc1C(F)(F)F. The molecule has 1 aromatic heterocycles. The van der Waals surface area contributed by atoms with E-state index in [0.717, 1.165) is 11.8 Å². The van der Waals surface area contributed by atoms with Gasteiger partial charge in [-0.25, -0.2) is 0 Å². The number of amides is 1.